The predicted molar refractivity (Wildman–Crippen MR) is 127 cm³/mol. The van der Waals surface area contributed by atoms with E-state index < -0.39 is 17.7 Å². The Labute approximate surface area is 188 Å². The Morgan fingerprint density at radius 3 is 2.47 bits per heavy atom. The summed E-state index contributed by atoms with van der Waals surface area (Å²) in [6.07, 6.45) is 4.51. The van der Waals surface area contributed by atoms with Gasteiger partial charge in [0.2, 0.25) is 0 Å². The van der Waals surface area contributed by atoms with E-state index >= 15 is 0 Å². The monoisotopic (exact) mass is 430 g/mol. The summed E-state index contributed by atoms with van der Waals surface area (Å²) in [4.78, 5) is 31.0. The second kappa shape index (κ2) is 9.03. The topological polar surface area (TPSA) is 73.4 Å². The maximum atomic E-state index is 13.2. The summed E-state index contributed by atoms with van der Waals surface area (Å²) in [6.45, 7) is 6.85. The van der Waals surface area contributed by atoms with Gasteiger partial charge in [0, 0.05) is 29.2 Å². The van der Waals surface area contributed by atoms with Crippen molar-refractivity contribution in [2.24, 2.45) is 0 Å². The minimum absolute atomic E-state index is 0.128. The molecule has 2 N–H and O–H groups in total. The summed E-state index contributed by atoms with van der Waals surface area (Å²) in [5.74, 6) is -0.912. The Balaban J connectivity index is 1.85. The maximum absolute atomic E-state index is 13.2. The molecule has 166 valence electrons. The first-order chi connectivity index (χ1) is 15.4. The molecule has 2 heterocycles. The summed E-state index contributed by atoms with van der Waals surface area (Å²) in [5, 5.41) is 12.1. The molecule has 0 spiro atoms. The second-order valence-corrected chi connectivity index (χ2v) is 8.77. The molecule has 1 aliphatic rings. The molecule has 1 unspecified atom stereocenters. The van der Waals surface area contributed by atoms with Crippen molar-refractivity contribution < 1.29 is 14.7 Å². The van der Waals surface area contributed by atoms with Crippen LogP contribution in [0.15, 0.2) is 60.3 Å². The van der Waals surface area contributed by atoms with Crippen molar-refractivity contribution in [2.45, 2.75) is 52.0 Å². The first-order valence-electron chi connectivity index (χ1n) is 11.4. The Morgan fingerprint density at radius 2 is 1.78 bits per heavy atom. The van der Waals surface area contributed by atoms with Crippen LogP contribution in [-0.4, -0.2) is 33.2 Å². The fraction of sp³-hybridized carbons (Fsp3) is 0.333. The Bertz CT molecular complexity index is 1170. The van der Waals surface area contributed by atoms with Crippen LogP contribution in [0, 0.1) is 0 Å². The van der Waals surface area contributed by atoms with E-state index in [4.69, 9.17) is 0 Å². The Morgan fingerprint density at radius 1 is 1.06 bits per heavy atom. The van der Waals surface area contributed by atoms with E-state index in [9.17, 15) is 14.7 Å². The van der Waals surface area contributed by atoms with Gasteiger partial charge in [-0.15, -0.1) is 0 Å². The van der Waals surface area contributed by atoms with Gasteiger partial charge in [-0.3, -0.25) is 9.59 Å². The molecule has 1 aromatic heterocycles. The Kier molecular flexibility index (Phi) is 6.17. The summed E-state index contributed by atoms with van der Waals surface area (Å²) in [7, 11) is 0. The Hall–Kier alpha value is -3.34. The van der Waals surface area contributed by atoms with Crippen LogP contribution >= 0.6 is 0 Å². The van der Waals surface area contributed by atoms with Gasteiger partial charge in [-0.25, -0.2) is 0 Å². The smallest absolute Gasteiger partial charge is 0.295 e. The third kappa shape index (κ3) is 3.83. The number of H-pyrrole nitrogens is 1. The lowest BCUT2D eigenvalue weighted by molar-refractivity contribution is -0.139. The first kappa shape index (κ1) is 21.9. The van der Waals surface area contributed by atoms with E-state index in [1.54, 1.807) is 11.1 Å². The number of aliphatic hydroxyl groups excluding tert-OH is 1. The summed E-state index contributed by atoms with van der Waals surface area (Å²) in [5.41, 5.74) is 3.59. The van der Waals surface area contributed by atoms with Crippen LogP contribution < -0.4 is 0 Å². The molecule has 1 aliphatic heterocycles. The first-order valence-corrected chi connectivity index (χ1v) is 11.4. The van der Waals surface area contributed by atoms with E-state index in [1.165, 1.54) is 5.56 Å². The molecule has 5 nitrogen and oxygen atoms in total. The fourth-order valence-corrected chi connectivity index (χ4v) is 4.47. The van der Waals surface area contributed by atoms with Crippen molar-refractivity contribution in [3.05, 3.63) is 77.0 Å². The van der Waals surface area contributed by atoms with Crippen LogP contribution in [0.2, 0.25) is 0 Å². The van der Waals surface area contributed by atoms with Crippen LogP contribution in [0.5, 0.6) is 0 Å². The largest absolute Gasteiger partial charge is 0.507 e. The third-order valence-electron chi connectivity index (χ3n) is 6.31. The molecular formula is C27H30N2O3. The van der Waals surface area contributed by atoms with E-state index in [-0.39, 0.29) is 11.3 Å². The number of para-hydroxylation sites is 1. The number of likely N-dealkylation sites (tertiary alicyclic amines) is 1. The van der Waals surface area contributed by atoms with Gasteiger partial charge in [0.25, 0.3) is 11.7 Å². The van der Waals surface area contributed by atoms with Crippen molar-refractivity contribution >= 4 is 28.4 Å². The molecule has 1 atom stereocenters. The van der Waals surface area contributed by atoms with Crippen molar-refractivity contribution in [1.82, 2.24) is 9.88 Å². The average molecular weight is 431 g/mol. The number of nitrogens with one attached hydrogen (secondary N) is 1. The molecular weight excluding hydrogens is 400 g/mol. The molecule has 32 heavy (non-hydrogen) atoms. The molecule has 3 aromatic rings. The molecule has 0 bridgehead atoms. The van der Waals surface area contributed by atoms with Gasteiger partial charge in [-0.1, -0.05) is 76.1 Å². The molecule has 0 saturated carbocycles. The van der Waals surface area contributed by atoms with Gasteiger partial charge >= 0.3 is 0 Å². The van der Waals surface area contributed by atoms with E-state index in [2.05, 4.69) is 25.8 Å². The lowest BCUT2D eigenvalue weighted by atomic mass is 9.93. The van der Waals surface area contributed by atoms with Crippen molar-refractivity contribution in [1.29, 1.82) is 0 Å². The molecule has 2 aromatic carbocycles. The molecule has 0 radical (unpaired) electrons. The molecule has 4 rings (SSSR count). The number of nitrogens with zero attached hydrogens (tertiary/aromatic N) is 1. The number of rotatable bonds is 7. The number of aliphatic hydroxyl groups is 1. The zero-order valence-electron chi connectivity index (χ0n) is 18.9. The number of carbonyl (C=O) groups is 2. The van der Waals surface area contributed by atoms with Crippen LogP contribution in [0.4, 0.5) is 0 Å². The summed E-state index contributed by atoms with van der Waals surface area (Å²) >= 11 is 0. The zero-order valence-corrected chi connectivity index (χ0v) is 18.9. The highest BCUT2D eigenvalue weighted by atomic mass is 16.3. The number of hydrogen-bond acceptors (Lipinski definition) is 3. The molecule has 1 amide bonds. The van der Waals surface area contributed by atoms with Gasteiger partial charge in [0.05, 0.1) is 11.6 Å². The van der Waals surface area contributed by atoms with Gasteiger partial charge < -0.3 is 15.0 Å². The maximum Gasteiger partial charge on any atom is 0.295 e. The minimum atomic E-state index is -0.623. The second-order valence-electron chi connectivity index (χ2n) is 8.77. The van der Waals surface area contributed by atoms with Crippen molar-refractivity contribution in [3.8, 4) is 0 Å². The molecule has 5 heteroatoms. The van der Waals surface area contributed by atoms with Crippen molar-refractivity contribution in [2.75, 3.05) is 6.54 Å². The number of aromatic nitrogens is 1. The standard InChI is InChI=1S/C27H30N2O3/c1-4-5-8-15-29-24(19-13-11-18(12-14-19)17(2)3)23(26(31)27(29)32)25(30)21-16-28-22-10-7-6-9-20(21)22/h6-7,9-14,16-17,24,28,30H,4-5,8,15H2,1-3H3/b25-23-. The van der Waals surface area contributed by atoms with E-state index in [0.717, 1.165) is 35.7 Å². The van der Waals surface area contributed by atoms with Crippen LogP contribution in [0.1, 0.15) is 68.7 Å². The number of ketones is 1. The number of aromatic amines is 1. The number of unbranched alkanes of at least 4 members (excludes halogenated alkanes) is 2. The van der Waals surface area contributed by atoms with Gasteiger partial charge in [0.15, 0.2) is 0 Å². The van der Waals surface area contributed by atoms with E-state index in [0.29, 0.717) is 18.0 Å². The number of amides is 1. The highest BCUT2D eigenvalue weighted by Crippen LogP contribution is 2.41. The van der Waals surface area contributed by atoms with Crippen LogP contribution in [-0.2, 0) is 9.59 Å². The normalized spacial score (nSPS) is 18.2. The lowest BCUT2D eigenvalue weighted by Gasteiger charge is -2.25. The summed E-state index contributed by atoms with van der Waals surface area (Å²) < 4.78 is 0. The highest BCUT2D eigenvalue weighted by molar-refractivity contribution is 6.46. The summed E-state index contributed by atoms with van der Waals surface area (Å²) in [6, 6.07) is 15.0. The number of carbonyl (C=O) groups excluding carboxylic acids is 2. The minimum Gasteiger partial charge on any atom is -0.507 e. The number of hydrogen-bond donors (Lipinski definition) is 2. The third-order valence-corrected chi connectivity index (χ3v) is 6.31. The van der Waals surface area contributed by atoms with Gasteiger partial charge in [0.1, 0.15) is 5.76 Å². The van der Waals surface area contributed by atoms with Gasteiger partial charge in [-0.2, -0.15) is 0 Å². The number of benzene rings is 2. The number of Topliss-reactive ketones (excluding diaryl/α,β-unsaturated/α-hetero) is 1. The number of fused-ring (bicyclic) bond motifs is 1. The fourth-order valence-electron chi connectivity index (χ4n) is 4.47. The highest BCUT2D eigenvalue weighted by Gasteiger charge is 2.45. The van der Waals surface area contributed by atoms with Crippen LogP contribution in [0.25, 0.3) is 16.7 Å². The molecule has 0 aliphatic carbocycles. The van der Waals surface area contributed by atoms with Crippen LogP contribution in [0.3, 0.4) is 0 Å². The molecule has 1 saturated heterocycles. The lowest BCUT2D eigenvalue weighted by Crippen LogP contribution is -2.30. The quantitative estimate of drug-likeness (QED) is 0.212. The molecule has 1 fully saturated rings. The van der Waals surface area contributed by atoms with E-state index in [1.807, 2.05) is 48.5 Å². The SMILES string of the molecule is CCCCCN1C(=O)C(=O)/C(=C(\O)c2c[nH]c3ccccc23)C1c1ccc(C(C)C)cc1. The predicted octanol–water partition coefficient (Wildman–Crippen LogP) is 5.90. The zero-order chi connectivity index (χ0) is 22.8. The van der Waals surface area contributed by atoms with Gasteiger partial charge in [-0.05, 0) is 29.5 Å². The van der Waals surface area contributed by atoms with Crippen molar-refractivity contribution in [3.63, 3.8) is 0 Å². The average Bonchev–Trinajstić information content (AvgIpc) is 3.33.